The van der Waals surface area contributed by atoms with Crippen LogP contribution in [0.2, 0.25) is 0 Å². The van der Waals surface area contributed by atoms with Gasteiger partial charge in [-0.05, 0) is 24.1 Å². The molecular weight excluding hydrogens is 243 g/mol. The minimum atomic E-state index is -4.64. The molecule has 0 aliphatic carbocycles. The fraction of sp³-hybridized carbons (Fsp3) is 0.400. The Morgan fingerprint density at radius 2 is 1.75 bits per heavy atom. The summed E-state index contributed by atoms with van der Waals surface area (Å²) in [5.41, 5.74) is 6.51. The molecule has 1 unspecified atom stereocenters. The van der Waals surface area contributed by atoms with Crippen molar-refractivity contribution in [2.24, 2.45) is 5.73 Å². The van der Waals surface area contributed by atoms with Crippen molar-refractivity contribution >= 4 is 12.4 Å². The average Bonchev–Trinajstić information content (AvgIpc) is 2.15. The van der Waals surface area contributed by atoms with E-state index >= 15 is 0 Å². The van der Waals surface area contributed by atoms with Crippen molar-refractivity contribution in [1.29, 1.82) is 0 Å². The van der Waals surface area contributed by atoms with E-state index in [0.717, 1.165) is 12.0 Å². The molecule has 1 rings (SSSR count). The molecule has 0 bridgehead atoms. The van der Waals surface area contributed by atoms with E-state index in [0.29, 0.717) is 0 Å². The zero-order valence-electron chi connectivity index (χ0n) is 8.62. The summed E-state index contributed by atoms with van der Waals surface area (Å²) >= 11 is 0. The van der Waals surface area contributed by atoms with Gasteiger partial charge in [-0.1, -0.05) is 19.1 Å². The molecule has 0 saturated carbocycles. The maximum absolute atomic E-state index is 11.8. The molecule has 0 spiro atoms. The number of ether oxygens (including phenoxy) is 1. The first kappa shape index (κ1) is 15.1. The summed E-state index contributed by atoms with van der Waals surface area (Å²) in [5, 5.41) is 0. The molecule has 0 fully saturated rings. The Morgan fingerprint density at radius 1 is 1.25 bits per heavy atom. The molecule has 0 radical (unpaired) electrons. The first-order valence-corrected chi connectivity index (χ1v) is 4.53. The molecule has 92 valence electrons. The first-order chi connectivity index (χ1) is 6.92. The molecule has 0 aromatic heterocycles. The zero-order valence-corrected chi connectivity index (χ0v) is 9.44. The molecule has 2 N–H and O–H groups in total. The van der Waals surface area contributed by atoms with Crippen LogP contribution in [0, 0.1) is 0 Å². The summed E-state index contributed by atoms with van der Waals surface area (Å²) in [6.07, 6.45) is -3.91. The van der Waals surface area contributed by atoms with Gasteiger partial charge in [-0.15, -0.1) is 25.6 Å². The van der Waals surface area contributed by atoms with Crippen molar-refractivity contribution in [2.75, 3.05) is 0 Å². The average molecular weight is 256 g/mol. The minimum Gasteiger partial charge on any atom is -0.406 e. The highest BCUT2D eigenvalue weighted by Crippen LogP contribution is 2.24. The summed E-state index contributed by atoms with van der Waals surface area (Å²) in [7, 11) is 0. The second-order valence-electron chi connectivity index (χ2n) is 3.13. The van der Waals surface area contributed by atoms with Gasteiger partial charge < -0.3 is 10.5 Å². The Kier molecular flexibility index (Phi) is 5.61. The molecule has 0 amide bonds. The van der Waals surface area contributed by atoms with Gasteiger partial charge in [-0.3, -0.25) is 0 Å². The molecule has 0 aliphatic rings. The molecular formula is C10H13ClF3NO. The van der Waals surface area contributed by atoms with Gasteiger partial charge in [0.15, 0.2) is 0 Å². The lowest BCUT2D eigenvalue weighted by Crippen LogP contribution is -2.17. The molecule has 1 aromatic carbocycles. The van der Waals surface area contributed by atoms with Crippen molar-refractivity contribution < 1.29 is 17.9 Å². The number of hydrogen-bond donors (Lipinski definition) is 1. The predicted octanol–water partition coefficient (Wildman–Crippen LogP) is 3.42. The van der Waals surface area contributed by atoms with Crippen molar-refractivity contribution in [3.8, 4) is 5.75 Å². The van der Waals surface area contributed by atoms with Crippen LogP contribution in [0.4, 0.5) is 13.2 Å². The first-order valence-electron chi connectivity index (χ1n) is 4.53. The van der Waals surface area contributed by atoms with Crippen LogP contribution in [-0.4, -0.2) is 6.36 Å². The number of alkyl halides is 3. The summed E-state index contributed by atoms with van der Waals surface area (Å²) in [6, 6.07) is 5.45. The van der Waals surface area contributed by atoms with E-state index in [1.54, 1.807) is 0 Å². The highest BCUT2D eigenvalue weighted by molar-refractivity contribution is 5.85. The number of hydrogen-bond acceptors (Lipinski definition) is 2. The fourth-order valence-electron chi connectivity index (χ4n) is 1.15. The van der Waals surface area contributed by atoms with Crippen LogP contribution >= 0.6 is 12.4 Å². The third-order valence-corrected chi connectivity index (χ3v) is 1.98. The molecule has 0 aliphatic heterocycles. The summed E-state index contributed by atoms with van der Waals surface area (Å²) in [6.45, 7) is 1.91. The van der Waals surface area contributed by atoms with Gasteiger partial charge in [0.2, 0.25) is 0 Å². The van der Waals surface area contributed by atoms with Gasteiger partial charge in [0.05, 0.1) is 0 Å². The fourth-order valence-corrected chi connectivity index (χ4v) is 1.15. The van der Waals surface area contributed by atoms with E-state index in [1.165, 1.54) is 24.3 Å². The van der Waals surface area contributed by atoms with E-state index in [1.807, 2.05) is 6.92 Å². The topological polar surface area (TPSA) is 35.2 Å². The van der Waals surface area contributed by atoms with Crippen molar-refractivity contribution in [3.05, 3.63) is 29.8 Å². The molecule has 6 heteroatoms. The van der Waals surface area contributed by atoms with Gasteiger partial charge in [0.25, 0.3) is 0 Å². The largest absolute Gasteiger partial charge is 0.573 e. The molecule has 1 atom stereocenters. The van der Waals surface area contributed by atoms with Crippen LogP contribution in [0.1, 0.15) is 24.9 Å². The lowest BCUT2D eigenvalue weighted by atomic mass is 10.1. The van der Waals surface area contributed by atoms with Crippen LogP contribution in [0.3, 0.4) is 0 Å². The molecule has 2 nitrogen and oxygen atoms in total. The smallest absolute Gasteiger partial charge is 0.406 e. The van der Waals surface area contributed by atoms with Gasteiger partial charge >= 0.3 is 6.36 Å². The lowest BCUT2D eigenvalue weighted by molar-refractivity contribution is -0.274. The van der Waals surface area contributed by atoms with Crippen molar-refractivity contribution in [2.45, 2.75) is 25.7 Å². The standard InChI is InChI=1S/C10H12F3NO.ClH/c1-2-9(14)7-3-5-8(6-4-7)15-10(11,12)13;/h3-6,9H,2,14H2,1H3;1H. The van der Waals surface area contributed by atoms with Crippen molar-refractivity contribution in [3.63, 3.8) is 0 Å². The number of benzene rings is 1. The third kappa shape index (κ3) is 4.72. The number of halogens is 4. The van der Waals surface area contributed by atoms with Crippen LogP contribution in [0.5, 0.6) is 5.75 Å². The third-order valence-electron chi connectivity index (χ3n) is 1.98. The Hall–Kier alpha value is -0.940. The summed E-state index contributed by atoms with van der Waals surface area (Å²) < 4.78 is 39.2. The van der Waals surface area contributed by atoms with Gasteiger partial charge in [-0.2, -0.15) is 0 Å². The lowest BCUT2D eigenvalue weighted by Gasteiger charge is -2.11. The number of nitrogens with two attached hydrogens (primary N) is 1. The van der Waals surface area contributed by atoms with Crippen LogP contribution in [-0.2, 0) is 0 Å². The van der Waals surface area contributed by atoms with E-state index in [9.17, 15) is 13.2 Å². The second-order valence-corrected chi connectivity index (χ2v) is 3.13. The quantitative estimate of drug-likeness (QED) is 0.898. The van der Waals surface area contributed by atoms with E-state index < -0.39 is 6.36 Å². The highest BCUT2D eigenvalue weighted by atomic mass is 35.5. The maximum Gasteiger partial charge on any atom is 0.573 e. The van der Waals surface area contributed by atoms with E-state index in [2.05, 4.69) is 4.74 Å². The highest BCUT2D eigenvalue weighted by Gasteiger charge is 2.30. The van der Waals surface area contributed by atoms with E-state index in [4.69, 9.17) is 5.73 Å². The van der Waals surface area contributed by atoms with Crippen LogP contribution in [0.25, 0.3) is 0 Å². The normalized spacial score (nSPS) is 12.8. The molecule has 0 saturated heterocycles. The Balaban J connectivity index is 0.00000225. The summed E-state index contributed by atoms with van der Waals surface area (Å²) in [4.78, 5) is 0. The van der Waals surface area contributed by atoms with Crippen LogP contribution in [0.15, 0.2) is 24.3 Å². The van der Waals surface area contributed by atoms with Crippen molar-refractivity contribution in [1.82, 2.24) is 0 Å². The maximum atomic E-state index is 11.8. The van der Waals surface area contributed by atoms with E-state index in [-0.39, 0.29) is 24.2 Å². The molecule has 0 heterocycles. The van der Waals surface area contributed by atoms with Crippen LogP contribution < -0.4 is 10.5 Å². The molecule has 16 heavy (non-hydrogen) atoms. The SMILES string of the molecule is CCC(N)c1ccc(OC(F)(F)F)cc1.Cl. The minimum absolute atomic E-state index is 0. The Bertz CT molecular complexity index is 313. The Labute approximate surface area is 98.0 Å². The number of rotatable bonds is 3. The second kappa shape index (κ2) is 5.96. The Morgan fingerprint density at radius 3 is 2.12 bits per heavy atom. The predicted molar refractivity (Wildman–Crippen MR) is 57.6 cm³/mol. The van der Waals surface area contributed by atoms with Gasteiger partial charge in [0.1, 0.15) is 5.75 Å². The van der Waals surface area contributed by atoms with Gasteiger partial charge in [0, 0.05) is 6.04 Å². The monoisotopic (exact) mass is 255 g/mol. The molecule has 1 aromatic rings. The summed E-state index contributed by atoms with van der Waals surface area (Å²) in [5.74, 6) is -0.227. The zero-order chi connectivity index (χ0) is 11.5. The van der Waals surface area contributed by atoms with Gasteiger partial charge in [-0.25, -0.2) is 0 Å².